The predicted octanol–water partition coefficient (Wildman–Crippen LogP) is 1.97. The number of rotatable bonds is 5. The van der Waals surface area contributed by atoms with Gasteiger partial charge < -0.3 is 4.57 Å². The van der Waals surface area contributed by atoms with Crippen molar-refractivity contribution in [2.75, 3.05) is 5.75 Å². The van der Waals surface area contributed by atoms with Gasteiger partial charge in [0.1, 0.15) is 12.1 Å². The molecule has 1 atom stereocenters. The minimum atomic E-state index is 0.205. The van der Waals surface area contributed by atoms with Crippen LogP contribution in [-0.2, 0) is 6.54 Å². The molecular formula is C11H14N4S. The lowest BCUT2D eigenvalue weighted by atomic mass is 10.1. The Morgan fingerprint density at radius 1 is 1.50 bits per heavy atom. The molecule has 0 N–H and O–H groups in total. The van der Waals surface area contributed by atoms with Crippen LogP contribution in [0.4, 0.5) is 0 Å². The molecule has 1 aromatic rings. The van der Waals surface area contributed by atoms with E-state index < -0.39 is 0 Å². The van der Waals surface area contributed by atoms with Gasteiger partial charge in [0.05, 0.1) is 6.33 Å². The van der Waals surface area contributed by atoms with Crippen molar-refractivity contribution >= 4 is 12.6 Å². The molecule has 1 aromatic heterocycles. The van der Waals surface area contributed by atoms with Crippen LogP contribution in [0.25, 0.3) is 0 Å². The molecule has 1 unspecified atom stereocenters. The molecule has 0 aliphatic carbocycles. The molecule has 0 aliphatic heterocycles. The summed E-state index contributed by atoms with van der Waals surface area (Å²) in [7, 11) is 0. The maximum absolute atomic E-state index is 8.95. The van der Waals surface area contributed by atoms with E-state index in [1.165, 1.54) is 0 Å². The van der Waals surface area contributed by atoms with Crippen molar-refractivity contribution in [1.82, 2.24) is 9.55 Å². The molecule has 84 valence electrons. The van der Waals surface area contributed by atoms with Crippen LogP contribution in [0, 0.1) is 28.6 Å². The van der Waals surface area contributed by atoms with E-state index in [1.54, 1.807) is 10.9 Å². The summed E-state index contributed by atoms with van der Waals surface area (Å²) in [5.41, 5.74) is 0.558. The fourth-order valence-electron chi connectivity index (χ4n) is 1.65. The first kappa shape index (κ1) is 12.6. The van der Waals surface area contributed by atoms with Crippen LogP contribution in [0.2, 0.25) is 0 Å². The summed E-state index contributed by atoms with van der Waals surface area (Å²) in [6.07, 6.45) is 3.71. The van der Waals surface area contributed by atoms with Crippen molar-refractivity contribution in [1.29, 1.82) is 10.5 Å². The molecule has 0 saturated heterocycles. The molecule has 1 rings (SSSR count). The topological polar surface area (TPSA) is 65.4 Å². The monoisotopic (exact) mass is 234 g/mol. The number of hydrogen-bond donors (Lipinski definition) is 1. The smallest absolute Gasteiger partial charge is 0.176 e. The average Bonchev–Trinajstić information content (AvgIpc) is 2.70. The van der Waals surface area contributed by atoms with Crippen molar-refractivity contribution in [3.8, 4) is 12.1 Å². The van der Waals surface area contributed by atoms with Crippen LogP contribution in [0.3, 0.4) is 0 Å². The number of nitriles is 2. The van der Waals surface area contributed by atoms with Crippen molar-refractivity contribution in [2.24, 2.45) is 5.92 Å². The van der Waals surface area contributed by atoms with E-state index in [0.717, 1.165) is 18.6 Å². The Labute approximate surface area is 101 Å². The third-order valence-corrected chi connectivity index (χ3v) is 2.98. The fraction of sp³-hybridized carbons (Fsp3) is 0.545. The van der Waals surface area contributed by atoms with E-state index in [-0.39, 0.29) is 5.69 Å². The van der Waals surface area contributed by atoms with Crippen LogP contribution in [-0.4, -0.2) is 15.3 Å². The second kappa shape index (κ2) is 6.19. The quantitative estimate of drug-likeness (QED) is 0.792. The molecule has 1 heterocycles. The maximum Gasteiger partial charge on any atom is 0.176 e. The van der Waals surface area contributed by atoms with Crippen molar-refractivity contribution in [2.45, 2.75) is 26.3 Å². The van der Waals surface area contributed by atoms with Crippen molar-refractivity contribution in [3.05, 3.63) is 17.7 Å². The minimum Gasteiger partial charge on any atom is -0.321 e. The first-order valence-electron chi connectivity index (χ1n) is 5.23. The van der Waals surface area contributed by atoms with Gasteiger partial charge in [-0.25, -0.2) is 4.98 Å². The van der Waals surface area contributed by atoms with Gasteiger partial charge in [0.15, 0.2) is 11.4 Å². The van der Waals surface area contributed by atoms with E-state index in [2.05, 4.69) is 24.5 Å². The molecule has 0 fully saturated rings. The van der Waals surface area contributed by atoms with Crippen LogP contribution in [0.5, 0.6) is 0 Å². The van der Waals surface area contributed by atoms with Gasteiger partial charge in [-0.2, -0.15) is 23.2 Å². The minimum absolute atomic E-state index is 0.205. The van der Waals surface area contributed by atoms with Gasteiger partial charge in [0.25, 0.3) is 0 Å². The third-order valence-electron chi connectivity index (χ3n) is 2.46. The van der Waals surface area contributed by atoms with E-state index in [0.29, 0.717) is 18.2 Å². The largest absolute Gasteiger partial charge is 0.321 e. The molecule has 0 saturated carbocycles. The summed E-state index contributed by atoms with van der Waals surface area (Å²) >= 11 is 4.29. The SMILES string of the molecule is CCCC(CS)Cn1cnc(C#N)c1C#N. The summed E-state index contributed by atoms with van der Waals surface area (Å²) in [5.74, 6) is 1.19. The molecule has 16 heavy (non-hydrogen) atoms. The Bertz CT molecular complexity index is 424. The predicted molar refractivity (Wildman–Crippen MR) is 63.9 cm³/mol. The Hall–Kier alpha value is -1.46. The fourth-order valence-corrected chi connectivity index (χ4v) is 1.94. The van der Waals surface area contributed by atoms with Gasteiger partial charge in [-0.15, -0.1) is 0 Å². The zero-order chi connectivity index (χ0) is 12.0. The van der Waals surface area contributed by atoms with Crippen molar-refractivity contribution in [3.63, 3.8) is 0 Å². The molecule has 4 nitrogen and oxygen atoms in total. The van der Waals surface area contributed by atoms with Crippen LogP contribution in [0.1, 0.15) is 31.2 Å². The maximum atomic E-state index is 8.95. The average molecular weight is 234 g/mol. The molecule has 0 bridgehead atoms. The second-order valence-corrected chi connectivity index (χ2v) is 4.02. The van der Waals surface area contributed by atoms with Crippen LogP contribution < -0.4 is 0 Å². The highest BCUT2D eigenvalue weighted by molar-refractivity contribution is 7.80. The Morgan fingerprint density at radius 3 is 2.75 bits per heavy atom. The third kappa shape index (κ3) is 2.77. The zero-order valence-corrected chi connectivity index (χ0v) is 10.1. The van der Waals surface area contributed by atoms with Gasteiger partial charge in [-0.3, -0.25) is 0 Å². The normalized spacial score (nSPS) is 11.8. The van der Waals surface area contributed by atoms with Crippen LogP contribution in [0.15, 0.2) is 6.33 Å². The summed E-state index contributed by atoms with van der Waals surface area (Å²) in [5, 5.41) is 17.7. The lowest BCUT2D eigenvalue weighted by Crippen LogP contribution is -2.13. The lowest BCUT2D eigenvalue weighted by Gasteiger charge is -2.14. The second-order valence-electron chi connectivity index (χ2n) is 3.66. The number of hydrogen-bond acceptors (Lipinski definition) is 4. The van der Waals surface area contributed by atoms with Crippen molar-refractivity contribution < 1.29 is 0 Å². The van der Waals surface area contributed by atoms with Crippen LogP contribution >= 0.6 is 12.6 Å². The summed E-state index contributed by atoms with van der Waals surface area (Å²) < 4.78 is 1.75. The highest BCUT2D eigenvalue weighted by atomic mass is 32.1. The molecule has 0 spiro atoms. The molecule has 0 aliphatic rings. The van der Waals surface area contributed by atoms with E-state index in [9.17, 15) is 0 Å². The summed E-state index contributed by atoms with van der Waals surface area (Å²) in [4.78, 5) is 3.91. The summed E-state index contributed by atoms with van der Waals surface area (Å²) in [6, 6.07) is 3.94. The zero-order valence-electron chi connectivity index (χ0n) is 9.22. The van der Waals surface area contributed by atoms with Gasteiger partial charge in [-0.05, 0) is 18.1 Å². The lowest BCUT2D eigenvalue weighted by molar-refractivity contribution is 0.451. The molecule has 0 aromatic carbocycles. The molecule has 0 amide bonds. The Morgan fingerprint density at radius 2 is 2.25 bits per heavy atom. The number of imidazole rings is 1. The molecular weight excluding hydrogens is 220 g/mol. The number of thiol groups is 1. The molecule has 0 radical (unpaired) electrons. The highest BCUT2D eigenvalue weighted by Gasteiger charge is 2.13. The van der Waals surface area contributed by atoms with E-state index >= 15 is 0 Å². The number of aromatic nitrogens is 2. The van der Waals surface area contributed by atoms with E-state index in [4.69, 9.17) is 10.5 Å². The van der Waals surface area contributed by atoms with Gasteiger partial charge in [0.2, 0.25) is 0 Å². The Kier molecular flexibility index (Phi) is 4.88. The van der Waals surface area contributed by atoms with Gasteiger partial charge in [-0.1, -0.05) is 13.3 Å². The van der Waals surface area contributed by atoms with E-state index in [1.807, 2.05) is 12.1 Å². The first-order valence-corrected chi connectivity index (χ1v) is 5.86. The molecule has 5 heteroatoms. The standard InChI is InChI=1S/C11H14N4S/c1-2-3-9(7-16)6-15-8-14-10(4-12)11(15)5-13/h8-9,16H,2-3,6-7H2,1H3. The summed E-state index contributed by atoms with van der Waals surface area (Å²) in [6.45, 7) is 2.82. The van der Waals surface area contributed by atoms with Gasteiger partial charge >= 0.3 is 0 Å². The number of nitrogens with zero attached hydrogens (tertiary/aromatic N) is 4. The first-order chi connectivity index (χ1) is 7.76. The highest BCUT2D eigenvalue weighted by Crippen LogP contribution is 2.14. The van der Waals surface area contributed by atoms with Gasteiger partial charge in [0, 0.05) is 6.54 Å². The Balaban J connectivity index is 2.85.